The van der Waals surface area contributed by atoms with Crippen molar-refractivity contribution in [1.29, 1.82) is 15.8 Å². The molecule has 1 fully saturated rings. The normalized spacial score (nSPS) is 19.1. The van der Waals surface area contributed by atoms with Crippen LogP contribution < -0.4 is 0 Å². The summed E-state index contributed by atoms with van der Waals surface area (Å²) in [7, 11) is 0. The minimum Gasteiger partial charge on any atom is -0.463 e. The fourth-order valence-corrected chi connectivity index (χ4v) is 3.23. The molecule has 2 rings (SSSR count). The van der Waals surface area contributed by atoms with Gasteiger partial charge in [0.2, 0.25) is 0 Å². The number of hydrogen-bond acceptors (Lipinski definition) is 6. The van der Waals surface area contributed by atoms with E-state index in [9.17, 15) is 10.1 Å². The van der Waals surface area contributed by atoms with Crippen molar-refractivity contribution in [2.24, 2.45) is 5.92 Å². The monoisotopic (exact) mass is 323 g/mol. The average Bonchev–Trinajstić information content (AvgIpc) is 3.06. The molecule has 6 nitrogen and oxygen atoms in total. The van der Waals surface area contributed by atoms with Crippen molar-refractivity contribution in [1.82, 2.24) is 0 Å². The van der Waals surface area contributed by atoms with Crippen molar-refractivity contribution in [3.05, 3.63) is 34.4 Å². The maximum Gasteiger partial charge on any atom is 0.306 e. The highest BCUT2D eigenvalue weighted by molar-refractivity contribution is 5.69. The summed E-state index contributed by atoms with van der Waals surface area (Å²) in [6.45, 7) is -0.179. The summed E-state index contributed by atoms with van der Waals surface area (Å²) in [6.07, 6.45) is 2.69. The summed E-state index contributed by atoms with van der Waals surface area (Å²) in [5.41, 5.74) is 1.68. The molecule has 0 bridgehead atoms. The second kappa shape index (κ2) is 8.11. The van der Waals surface area contributed by atoms with Gasteiger partial charge in [0.15, 0.2) is 0 Å². The van der Waals surface area contributed by atoms with Crippen molar-refractivity contribution >= 4 is 5.97 Å². The van der Waals surface area contributed by atoms with Gasteiger partial charge in [0.05, 0.1) is 29.4 Å². The second-order valence-corrected chi connectivity index (χ2v) is 5.84. The summed E-state index contributed by atoms with van der Waals surface area (Å²) in [4.78, 5) is 11.6. The molecule has 1 aromatic rings. The van der Waals surface area contributed by atoms with Gasteiger partial charge in [0, 0.05) is 6.42 Å². The standard InChI is InChI=1S/C18H17N3O3/c19-9-14-7-16(11-21)17(8-15(14)10-20)13-2-1-12(5-13)6-18(23)24-4-3-22/h7-8,12-13,22H,1-6H2/t12-,13-/m1/s1. The number of esters is 1. The third kappa shape index (κ3) is 3.90. The number of nitriles is 3. The first-order valence-corrected chi connectivity index (χ1v) is 7.77. The highest BCUT2D eigenvalue weighted by Gasteiger charge is 2.30. The van der Waals surface area contributed by atoms with Gasteiger partial charge < -0.3 is 9.84 Å². The van der Waals surface area contributed by atoms with E-state index in [1.807, 2.05) is 12.1 Å². The fourth-order valence-electron chi connectivity index (χ4n) is 3.23. The number of benzene rings is 1. The van der Waals surface area contributed by atoms with Gasteiger partial charge in [-0.1, -0.05) is 0 Å². The van der Waals surface area contributed by atoms with Gasteiger partial charge in [-0.3, -0.25) is 4.79 Å². The molecule has 122 valence electrons. The summed E-state index contributed by atoms with van der Waals surface area (Å²) in [5, 5.41) is 36.2. The molecule has 6 heteroatoms. The summed E-state index contributed by atoms with van der Waals surface area (Å²) in [5.74, 6) is -0.0724. The van der Waals surface area contributed by atoms with Gasteiger partial charge in [-0.05, 0) is 48.8 Å². The fraction of sp³-hybridized carbons (Fsp3) is 0.444. The van der Waals surface area contributed by atoms with E-state index in [4.69, 9.17) is 20.4 Å². The van der Waals surface area contributed by atoms with Crippen LogP contribution in [0.1, 0.15) is 53.9 Å². The third-order valence-corrected chi connectivity index (χ3v) is 4.34. The Morgan fingerprint density at radius 3 is 2.42 bits per heavy atom. The first kappa shape index (κ1) is 17.5. The topological polar surface area (TPSA) is 118 Å². The van der Waals surface area contributed by atoms with E-state index in [0.29, 0.717) is 12.0 Å². The lowest BCUT2D eigenvalue weighted by Gasteiger charge is -2.14. The van der Waals surface area contributed by atoms with Crippen LogP contribution in [0.4, 0.5) is 0 Å². The van der Waals surface area contributed by atoms with Crippen molar-refractivity contribution < 1.29 is 14.6 Å². The van der Waals surface area contributed by atoms with E-state index in [1.54, 1.807) is 6.07 Å². The van der Waals surface area contributed by atoms with Crippen LogP contribution in [0.15, 0.2) is 12.1 Å². The molecule has 24 heavy (non-hydrogen) atoms. The van der Waals surface area contributed by atoms with Crippen LogP contribution in [0.25, 0.3) is 0 Å². The zero-order chi connectivity index (χ0) is 17.5. The van der Waals surface area contributed by atoms with Gasteiger partial charge in [0.1, 0.15) is 18.7 Å². The summed E-state index contributed by atoms with van der Waals surface area (Å²) < 4.78 is 4.89. The minimum absolute atomic E-state index is 0.00864. The molecular formula is C18H17N3O3. The van der Waals surface area contributed by atoms with Crippen LogP contribution >= 0.6 is 0 Å². The van der Waals surface area contributed by atoms with Crippen LogP contribution in [0.2, 0.25) is 0 Å². The number of hydrogen-bond donors (Lipinski definition) is 1. The zero-order valence-corrected chi connectivity index (χ0v) is 13.2. The predicted molar refractivity (Wildman–Crippen MR) is 83.3 cm³/mol. The van der Waals surface area contributed by atoms with Gasteiger partial charge in [-0.25, -0.2) is 0 Å². The predicted octanol–water partition coefficient (Wildman–Crippen LogP) is 2.11. The van der Waals surface area contributed by atoms with Crippen LogP contribution in [0.5, 0.6) is 0 Å². The van der Waals surface area contributed by atoms with Crippen LogP contribution in [-0.4, -0.2) is 24.3 Å². The quantitative estimate of drug-likeness (QED) is 0.829. The Kier molecular flexibility index (Phi) is 5.90. The number of carbonyl (C=O) groups is 1. The van der Waals surface area contributed by atoms with Crippen LogP contribution in [0.3, 0.4) is 0 Å². The number of aliphatic hydroxyl groups is 1. The minimum atomic E-state index is -0.326. The van der Waals surface area contributed by atoms with E-state index < -0.39 is 0 Å². The average molecular weight is 323 g/mol. The Hall–Kier alpha value is -2.88. The largest absolute Gasteiger partial charge is 0.463 e. The highest BCUT2D eigenvalue weighted by Crippen LogP contribution is 2.41. The Morgan fingerprint density at radius 1 is 1.12 bits per heavy atom. The van der Waals surface area contributed by atoms with Crippen molar-refractivity contribution in [2.45, 2.75) is 31.6 Å². The first-order chi connectivity index (χ1) is 11.6. The molecular weight excluding hydrogens is 306 g/mol. The molecule has 0 aliphatic heterocycles. The Balaban J connectivity index is 2.14. The molecule has 0 aromatic heterocycles. The van der Waals surface area contributed by atoms with E-state index in [2.05, 4.69) is 6.07 Å². The lowest BCUT2D eigenvalue weighted by atomic mass is 9.89. The van der Waals surface area contributed by atoms with Crippen molar-refractivity contribution in [3.63, 3.8) is 0 Å². The SMILES string of the molecule is N#Cc1cc(C#N)c([C@@H]2CC[C@@H](CC(=O)OCCO)C2)cc1C#N. The number of aliphatic hydroxyl groups excluding tert-OH is 1. The zero-order valence-electron chi connectivity index (χ0n) is 13.2. The smallest absolute Gasteiger partial charge is 0.306 e. The van der Waals surface area contributed by atoms with Gasteiger partial charge in [-0.2, -0.15) is 15.8 Å². The molecule has 1 N–H and O–H groups in total. The van der Waals surface area contributed by atoms with Crippen molar-refractivity contribution in [2.75, 3.05) is 13.2 Å². The Bertz CT molecular complexity index is 752. The van der Waals surface area contributed by atoms with Gasteiger partial charge in [0.25, 0.3) is 0 Å². The molecule has 1 aliphatic rings. The number of nitrogens with zero attached hydrogens (tertiary/aromatic N) is 3. The molecule has 0 radical (unpaired) electrons. The molecule has 1 aromatic carbocycles. The number of carbonyl (C=O) groups excluding carboxylic acids is 1. The highest BCUT2D eigenvalue weighted by atomic mass is 16.5. The molecule has 0 amide bonds. The Morgan fingerprint density at radius 2 is 1.79 bits per heavy atom. The summed E-state index contributed by atoms with van der Waals surface area (Å²) in [6, 6.07) is 9.14. The molecule has 1 aliphatic carbocycles. The van der Waals surface area contributed by atoms with Gasteiger partial charge >= 0.3 is 5.97 Å². The maximum absolute atomic E-state index is 11.6. The molecule has 0 spiro atoms. The lowest BCUT2D eigenvalue weighted by Crippen LogP contribution is -2.12. The lowest BCUT2D eigenvalue weighted by molar-refractivity contribution is -0.145. The maximum atomic E-state index is 11.6. The Labute approximate surface area is 140 Å². The molecule has 2 atom stereocenters. The first-order valence-electron chi connectivity index (χ1n) is 7.77. The molecule has 0 saturated heterocycles. The number of ether oxygens (including phenoxy) is 1. The molecule has 0 heterocycles. The second-order valence-electron chi connectivity index (χ2n) is 5.84. The number of rotatable bonds is 5. The van der Waals surface area contributed by atoms with E-state index >= 15 is 0 Å². The van der Waals surface area contributed by atoms with Crippen LogP contribution in [-0.2, 0) is 9.53 Å². The third-order valence-electron chi connectivity index (χ3n) is 4.34. The molecule has 0 unspecified atom stereocenters. The summed E-state index contributed by atoms with van der Waals surface area (Å²) >= 11 is 0. The van der Waals surface area contributed by atoms with Crippen molar-refractivity contribution in [3.8, 4) is 18.2 Å². The van der Waals surface area contributed by atoms with Crippen LogP contribution in [0, 0.1) is 39.9 Å². The van der Waals surface area contributed by atoms with E-state index in [1.165, 1.54) is 6.07 Å². The van der Waals surface area contributed by atoms with Gasteiger partial charge in [-0.15, -0.1) is 0 Å². The van der Waals surface area contributed by atoms with E-state index in [0.717, 1.165) is 24.8 Å². The van der Waals surface area contributed by atoms with E-state index in [-0.39, 0.29) is 42.1 Å². The molecule has 1 saturated carbocycles.